The first-order valence-corrected chi connectivity index (χ1v) is 8.77. The van der Waals surface area contributed by atoms with Crippen LogP contribution in [0.2, 0.25) is 0 Å². The van der Waals surface area contributed by atoms with Crippen LogP contribution in [0.4, 0.5) is 5.82 Å². The summed E-state index contributed by atoms with van der Waals surface area (Å²) >= 11 is 0. The number of imidazole rings is 1. The minimum absolute atomic E-state index is 0.388. The Kier molecular flexibility index (Phi) is 4.33. The van der Waals surface area contributed by atoms with E-state index < -0.39 is 0 Å². The number of amides is 1. The zero-order valence-corrected chi connectivity index (χ0v) is 14.7. The number of primary amides is 1. The predicted molar refractivity (Wildman–Crippen MR) is 105 cm³/mol. The van der Waals surface area contributed by atoms with E-state index in [9.17, 15) is 4.79 Å². The number of benzene rings is 2. The van der Waals surface area contributed by atoms with E-state index in [0.29, 0.717) is 11.4 Å². The number of hydrogen-bond acceptors (Lipinski definition) is 4. The second-order valence-electron chi connectivity index (χ2n) is 6.49. The first kappa shape index (κ1) is 16.8. The molecule has 4 rings (SSSR count). The lowest BCUT2D eigenvalue weighted by atomic mass is 10.0. The summed E-state index contributed by atoms with van der Waals surface area (Å²) in [5.74, 6) is 1.02. The van der Waals surface area contributed by atoms with Gasteiger partial charge in [-0.15, -0.1) is 0 Å². The average molecular weight is 360 g/mol. The molecule has 1 amide bonds. The SMILES string of the molecule is NC(=O)c1ccccc1CCCc1ncc(-c2ccc3c(N)n[nH]c3c2)[nH]1. The zero-order chi connectivity index (χ0) is 18.8. The number of aromatic nitrogens is 4. The number of nitrogens with zero attached hydrogens (tertiary/aromatic N) is 2. The highest BCUT2D eigenvalue weighted by atomic mass is 16.1. The molecule has 2 heterocycles. The number of aromatic amines is 2. The van der Waals surface area contributed by atoms with E-state index in [4.69, 9.17) is 11.5 Å². The molecule has 0 aliphatic carbocycles. The van der Waals surface area contributed by atoms with Crippen molar-refractivity contribution in [3.63, 3.8) is 0 Å². The lowest BCUT2D eigenvalue weighted by Crippen LogP contribution is -2.13. The first-order chi connectivity index (χ1) is 13.1. The lowest BCUT2D eigenvalue weighted by molar-refractivity contribution is 0.0999. The Hall–Kier alpha value is -3.61. The number of carbonyl (C=O) groups excluding carboxylic acids is 1. The molecular formula is C20H20N6O. The molecule has 0 saturated heterocycles. The highest BCUT2D eigenvalue weighted by Gasteiger charge is 2.09. The van der Waals surface area contributed by atoms with Gasteiger partial charge in [0.15, 0.2) is 5.82 Å². The van der Waals surface area contributed by atoms with Gasteiger partial charge in [0.25, 0.3) is 0 Å². The minimum Gasteiger partial charge on any atom is -0.382 e. The third-order valence-corrected chi connectivity index (χ3v) is 4.67. The Morgan fingerprint density at radius 2 is 1.96 bits per heavy atom. The molecule has 27 heavy (non-hydrogen) atoms. The molecule has 0 atom stereocenters. The van der Waals surface area contributed by atoms with E-state index in [0.717, 1.165) is 52.8 Å². The number of nitrogens with one attached hydrogen (secondary N) is 2. The fourth-order valence-corrected chi connectivity index (χ4v) is 3.27. The second kappa shape index (κ2) is 6.95. The van der Waals surface area contributed by atoms with Crippen molar-refractivity contribution in [2.75, 3.05) is 5.73 Å². The van der Waals surface area contributed by atoms with E-state index >= 15 is 0 Å². The number of nitrogens with two attached hydrogens (primary N) is 2. The molecule has 0 aliphatic heterocycles. The summed E-state index contributed by atoms with van der Waals surface area (Å²) in [6.45, 7) is 0. The highest BCUT2D eigenvalue weighted by molar-refractivity contribution is 5.94. The summed E-state index contributed by atoms with van der Waals surface area (Å²) in [4.78, 5) is 19.3. The largest absolute Gasteiger partial charge is 0.382 e. The zero-order valence-electron chi connectivity index (χ0n) is 14.7. The van der Waals surface area contributed by atoms with Gasteiger partial charge < -0.3 is 16.5 Å². The van der Waals surface area contributed by atoms with Gasteiger partial charge in [-0.2, -0.15) is 5.10 Å². The van der Waals surface area contributed by atoms with E-state index in [2.05, 4.69) is 20.2 Å². The molecule has 0 fully saturated rings. The Labute approximate surface area is 155 Å². The van der Waals surface area contributed by atoms with Crippen molar-refractivity contribution in [1.29, 1.82) is 0 Å². The maximum Gasteiger partial charge on any atom is 0.248 e. The molecule has 0 radical (unpaired) electrons. The standard InChI is InChI=1S/C20H20N6O/c21-19-15-9-8-13(10-16(15)25-26-19)17-11-23-18(24-17)7-3-5-12-4-1-2-6-14(12)20(22)27/h1-2,4,6,8-11H,3,5,7H2,(H2,22,27)(H,23,24)(H3,21,25,26). The van der Waals surface area contributed by atoms with Crippen molar-refractivity contribution < 1.29 is 4.79 Å². The monoisotopic (exact) mass is 360 g/mol. The van der Waals surface area contributed by atoms with Crippen molar-refractivity contribution in [2.24, 2.45) is 5.73 Å². The van der Waals surface area contributed by atoms with Crippen molar-refractivity contribution in [3.05, 3.63) is 65.6 Å². The van der Waals surface area contributed by atoms with Gasteiger partial charge in [0.2, 0.25) is 5.91 Å². The summed E-state index contributed by atoms with van der Waals surface area (Å²) in [6, 6.07) is 13.4. The minimum atomic E-state index is -0.388. The number of rotatable bonds is 6. The quantitative estimate of drug-likeness (QED) is 0.422. The van der Waals surface area contributed by atoms with E-state index in [1.54, 1.807) is 6.07 Å². The molecule has 7 heteroatoms. The van der Waals surface area contributed by atoms with Gasteiger partial charge in [0.1, 0.15) is 5.82 Å². The van der Waals surface area contributed by atoms with Crippen LogP contribution in [-0.4, -0.2) is 26.1 Å². The van der Waals surface area contributed by atoms with Crippen LogP contribution in [0.3, 0.4) is 0 Å². The van der Waals surface area contributed by atoms with E-state index in [1.807, 2.05) is 42.6 Å². The molecule has 0 unspecified atom stereocenters. The van der Waals surface area contributed by atoms with Gasteiger partial charge in [-0.1, -0.05) is 24.3 Å². The normalized spacial score (nSPS) is 11.1. The van der Waals surface area contributed by atoms with Crippen molar-refractivity contribution in [2.45, 2.75) is 19.3 Å². The molecule has 2 aromatic heterocycles. The van der Waals surface area contributed by atoms with Gasteiger partial charge >= 0.3 is 0 Å². The summed E-state index contributed by atoms with van der Waals surface area (Å²) in [5, 5.41) is 7.85. The Bertz CT molecular complexity index is 1110. The van der Waals surface area contributed by atoms with E-state index in [1.165, 1.54) is 0 Å². The number of anilines is 1. The molecule has 136 valence electrons. The van der Waals surface area contributed by atoms with Crippen LogP contribution in [0.1, 0.15) is 28.2 Å². The van der Waals surface area contributed by atoms with Gasteiger partial charge in [-0.05, 0) is 36.6 Å². The van der Waals surface area contributed by atoms with Crippen LogP contribution in [0.5, 0.6) is 0 Å². The number of nitrogen functional groups attached to an aromatic ring is 1. The molecule has 6 N–H and O–H groups in total. The summed E-state index contributed by atoms with van der Waals surface area (Å²) in [5.41, 5.74) is 15.7. The molecular weight excluding hydrogens is 340 g/mol. The topological polar surface area (TPSA) is 126 Å². The Morgan fingerprint density at radius 3 is 2.81 bits per heavy atom. The number of aryl methyl sites for hydroxylation is 2. The van der Waals surface area contributed by atoms with Gasteiger partial charge in [-0.3, -0.25) is 9.89 Å². The van der Waals surface area contributed by atoms with Crippen LogP contribution >= 0.6 is 0 Å². The van der Waals surface area contributed by atoms with Crippen molar-refractivity contribution in [1.82, 2.24) is 20.2 Å². The van der Waals surface area contributed by atoms with Crippen molar-refractivity contribution >= 4 is 22.6 Å². The lowest BCUT2D eigenvalue weighted by Gasteiger charge is -2.05. The smallest absolute Gasteiger partial charge is 0.248 e. The van der Waals surface area contributed by atoms with Gasteiger partial charge in [-0.25, -0.2) is 4.98 Å². The second-order valence-corrected chi connectivity index (χ2v) is 6.49. The summed E-state index contributed by atoms with van der Waals surface area (Å²) in [7, 11) is 0. The number of hydrogen-bond donors (Lipinski definition) is 4. The summed E-state index contributed by atoms with van der Waals surface area (Å²) < 4.78 is 0. The van der Waals surface area contributed by atoms with Crippen LogP contribution in [0, 0.1) is 0 Å². The Morgan fingerprint density at radius 1 is 1.11 bits per heavy atom. The van der Waals surface area contributed by atoms with Crippen LogP contribution in [0.15, 0.2) is 48.7 Å². The number of H-pyrrole nitrogens is 2. The highest BCUT2D eigenvalue weighted by Crippen LogP contribution is 2.25. The van der Waals surface area contributed by atoms with Crippen LogP contribution in [0.25, 0.3) is 22.2 Å². The molecule has 0 bridgehead atoms. The van der Waals surface area contributed by atoms with E-state index in [-0.39, 0.29) is 5.91 Å². The molecule has 0 aliphatic rings. The first-order valence-electron chi connectivity index (χ1n) is 8.77. The third-order valence-electron chi connectivity index (χ3n) is 4.67. The average Bonchev–Trinajstić information content (AvgIpc) is 3.29. The maximum atomic E-state index is 11.5. The van der Waals surface area contributed by atoms with Gasteiger partial charge in [0, 0.05) is 22.9 Å². The fourth-order valence-electron chi connectivity index (χ4n) is 3.27. The molecule has 0 spiro atoms. The number of carbonyl (C=O) groups is 1. The maximum absolute atomic E-state index is 11.5. The fraction of sp³-hybridized carbons (Fsp3) is 0.150. The van der Waals surface area contributed by atoms with Crippen LogP contribution in [-0.2, 0) is 12.8 Å². The molecule has 4 aromatic rings. The number of fused-ring (bicyclic) bond motifs is 1. The van der Waals surface area contributed by atoms with Crippen LogP contribution < -0.4 is 11.5 Å². The molecule has 2 aromatic carbocycles. The molecule has 7 nitrogen and oxygen atoms in total. The third kappa shape index (κ3) is 3.39. The summed E-state index contributed by atoms with van der Waals surface area (Å²) in [6.07, 6.45) is 4.25. The Balaban J connectivity index is 1.44. The molecule has 0 saturated carbocycles. The van der Waals surface area contributed by atoms with Gasteiger partial charge in [0.05, 0.1) is 17.4 Å². The van der Waals surface area contributed by atoms with Crippen molar-refractivity contribution in [3.8, 4) is 11.3 Å². The predicted octanol–water partition coefficient (Wildman–Crippen LogP) is 2.81.